The lowest BCUT2D eigenvalue weighted by Gasteiger charge is -1.92. The van der Waals surface area contributed by atoms with Gasteiger partial charge in [-0.1, -0.05) is 36.4 Å². The van der Waals surface area contributed by atoms with E-state index in [9.17, 15) is 4.21 Å². The van der Waals surface area contributed by atoms with Crippen molar-refractivity contribution in [2.75, 3.05) is 11.5 Å². The second kappa shape index (κ2) is 5.93. The Morgan fingerprint density at radius 3 is 2.42 bits per heavy atom. The summed E-state index contributed by atoms with van der Waals surface area (Å²) < 4.78 is 11.2. The summed E-state index contributed by atoms with van der Waals surface area (Å²) in [6.07, 6.45) is 2.25. The van der Waals surface area contributed by atoms with Crippen molar-refractivity contribution in [3.63, 3.8) is 0 Å². The van der Waals surface area contributed by atoms with Gasteiger partial charge in [-0.25, -0.2) is 0 Å². The Hall–Kier alpha value is -1.06. The number of fused-ring (bicyclic) bond motifs is 2. The Balaban J connectivity index is 0.000000117. The van der Waals surface area contributed by atoms with Crippen LogP contribution in [0.15, 0.2) is 58.3 Å². The largest absolute Gasteiger partial charge is 0.254 e. The van der Waals surface area contributed by atoms with Crippen LogP contribution < -0.4 is 0 Å². The molecule has 1 unspecified atom stereocenters. The lowest BCUT2D eigenvalue weighted by atomic mass is 10.2. The van der Waals surface area contributed by atoms with Crippen LogP contribution in [0.3, 0.4) is 0 Å². The SMILES string of the molecule is O=S1CCc2ccccc21.c1ccc2c(c1)CCS2. The third-order valence-corrected chi connectivity index (χ3v) is 5.96. The summed E-state index contributed by atoms with van der Waals surface area (Å²) >= 11 is 1.97. The molecule has 0 fully saturated rings. The molecule has 4 rings (SSSR count). The Bertz CT molecular complexity index is 584. The Morgan fingerprint density at radius 1 is 0.895 bits per heavy atom. The lowest BCUT2D eigenvalue weighted by molar-refractivity contribution is 0.685. The van der Waals surface area contributed by atoms with Gasteiger partial charge in [-0.05, 0) is 36.1 Å². The van der Waals surface area contributed by atoms with E-state index in [0.717, 1.165) is 17.1 Å². The number of aryl methyl sites for hydroxylation is 2. The average Bonchev–Trinajstić information content (AvgIpc) is 3.07. The van der Waals surface area contributed by atoms with Gasteiger partial charge >= 0.3 is 0 Å². The van der Waals surface area contributed by atoms with Crippen LogP contribution in [0.4, 0.5) is 0 Å². The molecule has 2 aromatic rings. The number of rotatable bonds is 0. The molecule has 0 saturated heterocycles. The summed E-state index contributed by atoms with van der Waals surface area (Å²) in [4.78, 5) is 2.53. The second-order valence-electron chi connectivity index (χ2n) is 4.61. The van der Waals surface area contributed by atoms with Crippen LogP contribution in [0.5, 0.6) is 0 Å². The number of thioether (sulfide) groups is 1. The highest BCUT2D eigenvalue weighted by molar-refractivity contribution is 7.99. The topological polar surface area (TPSA) is 17.1 Å². The summed E-state index contributed by atoms with van der Waals surface area (Å²) in [5.74, 6) is 2.10. The first kappa shape index (κ1) is 12.9. The van der Waals surface area contributed by atoms with E-state index in [1.807, 2.05) is 30.0 Å². The van der Waals surface area contributed by atoms with Gasteiger partial charge in [-0.15, -0.1) is 11.8 Å². The van der Waals surface area contributed by atoms with Crippen LogP contribution in [0, 0.1) is 0 Å². The summed E-state index contributed by atoms with van der Waals surface area (Å²) in [6, 6.07) is 16.6. The standard InChI is InChI=1S/C8H8OS.C8H8S/c9-10-6-5-7-3-1-2-4-8(7)10;1-2-4-8-7(3-1)5-6-9-8/h1-4H,5-6H2;1-4H,5-6H2. The van der Waals surface area contributed by atoms with Gasteiger partial charge in [0.25, 0.3) is 0 Å². The van der Waals surface area contributed by atoms with Gasteiger partial charge in [0.2, 0.25) is 0 Å². The monoisotopic (exact) mass is 288 g/mol. The fraction of sp³-hybridized carbons (Fsp3) is 0.250. The second-order valence-corrected chi connectivity index (χ2v) is 7.29. The molecule has 0 aliphatic carbocycles. The first-order chi connectivity index (χ1) is 9.34. The molecule has 3 heteroatoms. The quantitative estimate of drug-likeness (QED) is 0.735. The van der Waals surface area contributed by atoms with E-state index in [0.29, 0.717) is 0 Å². The third-order valence-electron chi connectivity index (χ3n) is 3.38. The van der Waals surface area contributed by atoms with E-state index in [4.69, 9.17) is 0 Å². The molecule has 2 aromatic carbocycles. The van der Waals surface area contributed by atoms with E-state index in [1.54, 1.807) is 0 Å². The molecule has 1 atom stereocenters. The van der Waals surface area contributed by atoms with E-state index >= 15 is 0 Å². The lowest BCUT2D eigenvalue weighted by Crippen LogP contribution is -1.86. The highest BCUT2D eigenvalue weighted by Gasteiger charge is 2.15. The molecule has 1 nitrogen and oxygen atoms in total. The summed E-state index contributed by atoms with van der Waals surface area (Å²) in [5.41, 5.74) is 2.79. The molecule has 98 valence electrons. The molecule has 0 amide bonds. The highest BCUT2D eigenvalue weighted by Crippen LogP contribution is 2.30. The molecule has 0 saturated carbocycles. The molecular formula is C16H16OS2. The molecule has 2 heterocycles. The average molecular weight is 288 g/mol. The maximum atomic E-state index is 11.2. The van der Waals surface area contributed by atoms with Gasteiger partial charge < -0.3 is 0 Å². The maximum absolute atomic E-state index is 11.2. The first-order valence-electron chi connectivity index (χ1n) is 6.51. The van der Waals surface area contributed by atoms with E-state index in [2.05, 4.69) is 30.3 Å². The van der Waals surface area contributed by atoms with Crippen molar-refractivity contribution in [2.24, 2.45) is 0 Å². The fourth-order valence-electron chi connectivity index (χ4n) is 2.37. The number of hydrogen-bond acceptors (Lipinski definition) is 2. The van der Waals surface area contributed by atoms with Gasteiger partial charge in [0.05, 0.1) is 10.8 Å². The minimum Gasteiger partial charge on any atom is -0.254 e. The Morgan fingerprint density at radius 2 is 1.63 bits per heavy atom. The van der Waals surface area contributed by atoms with Crippen LogP contribution in [-0.2, 0) is 23.6 Å². The smallest absolute Gasteiger partial charge is 0.0535 e. The first-order valence-corrected chi connectivity index (χ1v) is 8.82. The molecule has 0 bridgehead atoms. The van der Waals surface area contributed by atoms with Gasteiger partial charge in [0.1, 0.15) is 0 Å². The van der Waals surface area contributed by atoms with Gasteiger partial charge in [-0.2, -0.15) is 0 Å². The Kier molecular flexibility index (Phi) is 4.04. The molecule has 0 spiro atoms. The van der Waals surface area contributed by atoms with Crippen molar-refractivity contribution in [3.8, 4) is 0 Å². The van der Waals surface area contributed by atoms with Crippen LogP contribution in [0.2, 0.25) is 0 Å². The van der Waals surface area contributed by atoms with Crippen molar-refractivity contribution in [1.29, 1.82) is 0 Å². The molecule has 2 aliphatic rings. The van der Waals surface area contributed by atoms with Crippen LogP contribution in [0.25, 0.3) is 0 Å². The zero-order valence-corrected chi connectivity index (χ0v) is 12.3. The normalized spacial score (nSPS) is 19.3. The predicted molar refractivity (Wildman–Crippen MR) is 82.3 cm³/mol. The number of benzene rings is 2. The highest BCUT2D eigenvalue weighted by atomic mass is 32.2. The van der Waals surface area contributed by atoms with E-state index < -0.39 is 10.8 Å². The molecule has 0 N–H and O–H groups in total. The number of hydrogen-bond donors (Lipinski definition) is 0. The summed E-state index contributed by atoms with van der Waals surface area (Å²) in [5, 5.41) is 0. The van der Waals surface area contributed by atoms with Crippen LogP contribution in [-0.4, -0.2) is 15.7 Å². The summed E-state index contributed by atoms with van der Waals surface area (Å²) in [7, 11) is -0.698. The van der Waals surface area contributed by atoms with Crippen molar-refractivity contribution < 1.29 is 4.21 Å². The van der Waals surface area contributed by atoms with Crippen LogP contribution in [0.1, 0.15) is 11.1 Å². The van der Waals surface area contributed by atoms with Crippen molar-refractivity contribution in [1.82, 2.24) is 0 Å². The van der Waals surface area contributed by atoms with Gasteiger partial charge in [-0.3, -0.25) is 4.21 Å². The third kappa shape index (κ3) is 2.93. The predicted octanol–water partition coefficient (Wildman–Crippen LogP) is 3.69. The zero-order chi connectivity index (χ0) is 13.1. The molecule has 0 aromatic heterocycles. The van der Waals surface area contributed by atoms with Gasteiger partial charge in [0, 0.05) is 21.3 Å². The minimum absolute atomic E-state index is 0.698. The molecular weight excluding hydrogens is 272 g/mol. The minimum atomic E-state index is -0.698. The summed E-state index contributed by atoms with van der Waals surface area (Å²) in [6.45, 7) is 0. The van der Waals surface area contributed by atoms with E-state index in [1.165, 1.54) is 28.2 Å². The van der Waals surface area contributed by atoms with Crippen molar-refractivity contribution in [3.05, 3.63) is 59.7 Å². The fourth-order valence-corrected chi connectivity index (χ4v) is 4.76. The molecule has 2 aliphatic heterocycles. The van der Waals surface area contributed by atoms with Crippen molar-refractivity contribution in [2.45, 2.75) is 22.6 Å². The molecule has 19 heavy (non-hydrogen) atoms. The van der Waals surface area contributed by atoms with E-state index in [-0.39, 0.29) is 0 Å². The maximum Gasteiger partial charge on any atom is 0.0535 e. The Labute approximate surface area is 120 Å². The van der Waals surface area contributed by atoms with Gasteiger partial charge in [0.15, 0.2) is 0 Å². The molecule has 0 radical (unpaired) electrons. The van der Waals surface area contributed by atoms with Crippen molar-refractivity contribution >= 4 is 22.6 Å². The van der Waals surface area contributed by atoms with Crippen LogP contribution >= 0.6 is 11.8 Å². The zero-order valence-electron chi connectivity index (χ0n) is 10.7.